The van der Waals surface area contributed by atoms with E-state index in [-0.39, 0.29) is 17.8 Å². The third-order valence-corrected chi connectivity index (χ3v) is 1.95. The summed E-state index contributed by atoms with van der Waals surface area (Å²) in [6, 6.07) is 3.30. The molecule has 0 heterocycles. The fourth-order valence-electron chi connectivity index (χ4n) is 1.16. The summed E-state index contributed by atoms with van der Waals surface area (Å²) in [5.74, 6) is -0.532. The molecule has 1 aromatic rings. The number of benzene rings is 1. The Balaban J connectivity index is 2.78. The highest BCUT2D eigenvalue weighted by atomic mass is 19.1. The molecule has 88 valence electrons. The van der Waals surface area contributed by atoms with E-state index in [4.69, 9.17) is 5.53 Å². The van der Waals surface area contributed by atoms with Crippen LogP contribution in [0.15, 0.2) is 29.4 Å². The normalized spacial score (nSPS) is 10.2. The van der Waals surface area contributed by atoms with Crippen LogP contribution in [0.5, 0.6) is 0 Å². The van der Waals surface area contributed by atoms with Crippen LogP contribution in [0.3, 0.4) is 0 Å². The van der Waals surface area contributed by atoms with Gasteiger partial charge in [-0.05, 0) is 18.0 Å². The Kier molecular flexibility index (Phi) is 4.65. The number of halogens is 1. The SMILES string of the molecule is [N-]=[N+]=NCCC=Cc1cc([N+](=O)[O-])ccc1F. The van der Waals surface area contributed by atoms with E-state index in [1.807, 2.05) is 0 Å². The second-order valence-corrected chi connectivity index (χ2v) is 3.11. The molecule has 0 bridgehead atoms. The molecule has 6 nitrogen and oxygen atoms in total. The molecule has 17 heavy (non-hydrogen) atoms. The Morgan fingerprint density at radius 1 is 1.59 bits per heavy atom. The van der Waals surface area contributed by atoms with Gasteiger partial charge < -0.3 is 0 Å². The average molecular weight is 236 g/mol. The molecule has 0 unspecified atom stereocenters. The first-order chi connectivity index (χ1) is 8.15. The Hall–Kier alpha value is -2.40. The van der Waals surface area contributed by atoms with E-state index in [0.717, 1.165) is 18.2 Å². The second kappa shape index (κ2) is 6.24. The number of nitro groups is 1. The van der Waals surface area contributed by atoms with Crippen molar-refractivity contribution in [2.75, 3.05) is 6.54 Å². The van der Waals surface area contributed by atoms with Crippen molar-refractivity contribution in [3.05, 3.63) is 56.2 Å². The monoisotopic (exact) mass is 236 g/mol. The van der Waals surface area contributed by atoms with Gasteiger partial charge in [0.1, 0.15) is 5.82 Å². The van der Waals surface area contributed by atoms with Gasteiger partial charge in [-0.3, -0.25) is 10.1 Å². The molecular formula is C10H9FN4O2. The number of nitro benzene ring substituents is 1. The van der Waals surface area contributed by atoms with E-state index in [2.05, 4.69) is 10.0 Å². The van der Waals surface area contributed by atoms with Crippen molar-refractivity contribution in [2.45, 2.75) is 6.42 Å². The summed E-state index contributed by atoms with van der Waals surface area (Å²) in [5, 5.41) is 13.8. The summed E-state index contributed by atoms with van der Waals surface area (Å²) in [7, 11) is 0. The van der Waals surface area contributed by atoms with E-state index in [1.54, 1.807) is 6.08 Å². The van der Waals surface area contributed by atoms with Crippen molar-refractivity contribution < 1.29 is 9.31 Å². The standard InChI is InChI=1S/C10H9FN4O2/c11-10-5-4-9(15(16)17)7-8(10)3-1-2-6-13-14-12/h1,3-5,7H,2,6H2. The summed E-state index contributed by atoms with van der Waals surface area (Å²) in [5.41, 5.74) is 8.00. The first-order valence-electron chi connectivity index (χ1n) is 4.76. The van der Waals surface area contributed by atoms with E-state index in [9.17, 15) is 14.5 Å². The lowest BCUT2D eigenvalue weighted by Crippen LogP contribution is -1.90. The van der Waals surface area contributed by atoms with Crippen LogP contribution in [-0.2, 0) is 0 Å². The van der Waals surface area contributed by atoms with Crippen molar-refractivity contribution in [2.24, 2.45) is 5.11 Å². The number of hydrogen-bond acceptors (Lipinski definition) is 3. The largest absolute Gasteiger partial charge is 0.270 e. The molecule has 0 radical (unpaired) electrons. The van der Waals surface area contributed by atoms with Gasteiger partial charge >= 0.3 is 0 Å². The molecule has 0 spiro atoms. The van der Waals surface area contributed by atoms with Crippen LogP contribution in [0.4, 0.5) is 10.1 Å². The first kappa shape index (κ1) is 12.7. The highest BCUT2D eigenvalue weighted by molar-refractivity contribution is 5.54. The quantitative estimate of drug-likeness (QED) is 0.195. The topological polar surface area (TPSA) is 91.9 Å². The van der Waals surface area contributed by atoms with Gasteiger partial charge in [-0.1, -0.05) is 17.3 Å². The number of azide groups is 1. The third kappa shape index (κ3) is 3.92. The zero-order chi connectivity index (χ0) is 12.7. The fourth-order valence-corrected chi connectivity index (χ4v) is 1.16. The highest BCUT2D eigenvalue weighted by Crippen LogP contribution is 2.18. The van der Waals surface area contributed by atoms with Crippen molar-refractivity contribution >= 4 is 11.8 Å². The second-order valence-electron chi connectivity index (χ2n) is 3.11. The number of nitrogens with zero attached hydrogens (tertiary/aromatic N) is 4. The predicted octanol–water partition coefficient (Wildman–Crippen LogP) is 3.45. The van der Waals surface area contributed by atoms with Gasteiger partial charge in [0, 0.05) is 29.2 Å². The Bertz CT molecular complexity index is 495. The minimum Gasteiger partial charge on any atom is -0.258 e. The van der Waals surface area contributed by atoms with E-state index >= 15 is 0 Å². The van der Waals surface area contributed by atoms with Gasteiger partial charge in [-0.2, -0.15) is 0 Å². The smallest absolute Gasteiger partial charge is 0.258 e. The Morgan fingerprint density at radius 3 is 3.00 bits per heavy atom. The summed E-state index contributed by atoms with van der Waals surface area (Å²) < 4.78 is 13.3. The third-order valence-electron chi connectivity index (χ3n) is 1.95. The van der Waals surface area contributed by atoms with Crippen molar-refractivity contribution in [1.29, 1.82) is 0 Å². The molecule has 0 amide bonds. The molecule has 0 saturated carbocycles. The molecule has 0 aliphatic heterocycles. The fraction of sp³-hybridized carbons (Fsp3) is 0.200. The van der Waals surface area contributed by atoms with Crippen LogP contribution in [0, 0.1) is 15.9 Å². The molecular weight excluding hydrogens is 227 g/mol. The van der Waals surface area contributed by atoms with Crippen LogP contribution < -0.4 is 0 Å². The lowest BCUT2D eigenvalue weighted by molar-refractivity contribution is -0.384. The maximum Gasteiger partial charge on any atom is 0.270 e. The summed E-state index contributed by atoms with van der Waals surface area (Å²) in [6.45, 7) is 0.267. The zero-order valence-electron chi connectivity index (χ0n) is 8.78. The van der Waals surface area contributed by atoms with Crippen LogP contribution in [0.25, 0.3) is 16.5 Å². The van der Waals surface area contributed by atoms with Gasteiger partial charge in [0.25, 0.3) is 5.69 Å². The summed E-state index contributed by atoms with van der Waals surface area (Å²) in [4.78, 5) is 12.5. The first-order valence-corrected chi connectivity index (χ1v) is 4.76. The molecule has 1 rings (SSSR count). The number of non-ortho nitro benzene ring substituents is 1. The lowest BCUT2D eigenvalue weighted by Gasteiger charge is -1.96. The van der Waals surface area contributed by atoms with E-state index in [1.165, 1.54) is 6.08 Å². The number of rotatable bonds is 5. The molecule has 0 aliphatic rings. The molecule has 1 aromatic carbocycles. The van der Waals surface area contributed by atoms with Gasteiger partial charge in [-0.25, -0.2) is 4.39 Å². The minimum absolute atomic E-state index is 0.139. The molecule has 7 heteroatoms. The van der Waals surface area contributed by atoms with Crippen LogP contribution in [0.1, 0.15) is 12.0 Å². The van der Waals surface area contributed by atoms with Crippen molar-refractivity contribution in [3.63, 3.8) is 0 Å². The van der Waals surface area contributed by atoms with E-state index in [0.29, 0.717) is 6.42 Å². The molecule has 0 aromatic heterocycles. The zero-order valence-corrected chi connectivity index (χ0v) is 8.78. The van der Waals surface area contributed by atoms with Gasteiger partial charge in [0.2, 0.25) is 0 Å². The van der Waals surface area contributed by atoms with Gasteiger partial charge in [0.05, 0.1) is 4.92 Å². The minimum atomic E-state index is -0.587. The lowest BCUT2D eigenvalue weighted by atomic mass is 10.1. The van der Waals surface area contributed by atoms with Crippen LogP contribution >= 0.6 is 0 Å². The number of hydrogen-bond donors (Lipinski definition) is 0. The van der Waals surface area contributed by atoms with Gasteiger partial charge in [-0.15, -0.1) is 0 Å². The molecule has 0 saturated heterocycles. The summed E-state index contributed by atoms with van der Waals surface area (Å²) in [6.07, 6.45) is 3.47. The maximum absolute atomic E-state index is 13.3. The van der Waals surface area contributed by atoms with Gasteiger partial charge in [0.15, 0.2) is 0 Å². The molecule has 0 N–H and O–H groups in total. The van der Waals surface area contributed by atoms with Crippen molar-refractivity contribution in [1.82, 2.24) is 0 Å². The highest BCUT2D eigenvalue weighted by Gasteiger charge is 2.08. The summed E-state index contributed by atoms with van der Waals surface area (Å²) >= 11 is 0. The average Bonchev–Trinajstić information content (AvgIpc) is 2.30. The molecule has 0 fully saturated rings. The van der Waals surface area contributed by atoms with Crippen LogP contribution in [0.2, 0.25) is 0 Å². The molecule has 0 atom stereocenters. The molecule has 0 aliphatic carbocycles. The Morgan fingerprint density at radius 2 is 2.35 bits per heavy atom. The van der Waals surface area contributed by atoms with E-state index < -0.39 is 10.7 Å². The van der Waals surface area contributed by atoms with Crippen molar-refractivity contribution in [3.8, 4) is 0 Å². The predicted molar refractivity (Wildman–Crippen MR) is 60.7 cm³/mol. The Labute approximate surface area is 96.2 Å². The maximum atomic E-state index is 13.3. The van der Waals surface area contributed by atoms with Crippen LogP contribution in [-0.4, -0.2) is 11.5 Å².